The summed E-state index contributed by atoms with van der Waals surface area (Å²) in [5.41, 5.74) is 6.44. The Bertz CT molecular complexity index is 454. The largest absolute Gasteiger partial charge is 0.632 e. The minimum atomic E-state index is -0.985. The number of hydrogen-bond acceptors (Lipinski definition) is 3. The first kappa shape index (κ1) is 23.3. The van der Waals surface area contributed by atoms with Crippen molar-refractivity contribution >= 4 is 12.2 Å². The molecule has 0 saturated heterocycles. The number of aromatic amines is 1. The summed E-state index contributed by atoms with van der Waals surface area (Å²) in [5.74, 6) is 0.301. The van der Waals surface area contributed by atoms with Gasteiger partial charge in [-0.1, -0.05) is 27.2 Å². The Kier molecular flexibility index (Phi) is 12.2. The fourth-order valence-electron chi connectivity index (χ4n) is 1.84. The number of hydrogen-bond donors (Lipinski definition) is 5. The molecule has 0 radical (unpaired) electrons. The van der Waals surface area contributed by atoms with Gasteiger partial charge in [0.05, 0.1) is 5.69 Å². The van der Waals surface area contributed by atoms with Crippen LogP contribution in [0.3, 0.4) is 0 Å². The summed E-state index contributed by atoms with van der Waals surface area (Å²) in [4.78, 5) is 6.86. The number of amidine groups is 1. The molecule has 0 fully saturated rings. The van der Waals surface area contributed by atoms with Gasteiger partial charge < -0.3 is 26.2 Å². The van der Waals surface area contributed by atoms with Crippen molar-refractivity contribution in [1.29, 1.82) is 5.41 Å². The smallest absolute Gasteiger partial charge is 0.148 e. The molecule has 0 aliphatic heterocycles. The maximum absolute atomic E-state index is 9.59. The van der Waals surface area contributed by atoms with Crippen LogP contribution in [-0.4, -0.2) is 46.2 Å². The molecule has 0 aliphatic rings. The minimum absolute atomic E-state index is 0. The second kappa shape index (κ2) is 11.5. The van der Waals surface area contributed by atoms with E-state index in [0.29, 0.717) is 11.5 Å². The second-order valence-corrected chi connectivity index (χ2v) is 5.05. The van der Waals surface area contributed by atoms with E-state index in [4.69, 9.17) is 16.2 Å². The van der Waals surface area contributed by atoms with Crippen molar-refractivity contribution in [3.63, 3.8) is 0 Å². The molecule has 0 aliphatic carbocycles. The molecule has 0 amide bonds. The molecule has 7 nitrogen and oxygen atoms in total. The summed E-state index contributed by atoms with van der Waals surface area (Å²) >= 11 is 0. The van der Waals surface area contributed by atoms with Crippen LogP contribution in [0.25, 0.3) is 5.32 Å². The van der Waals surface area contributed by atoms with E-state index < -0.39 is 5.72 Å². The van der Waals surface area contributed by atoms with Crippen LogP contribution in [0.5, 0.6) is 0 Å². The van der Waals surface area contributed by atoms with Crippen molar-refractivity contribution in [2.24, 2.45) is 10.7 Å². The number of aliphatic hydroxyl groups excluding tert-OH is 1. The molecule has 6 N–H and O–H groups in total. The third-order valence-corrected chi connectivity index (χ3v) is 2.59. The summed E-state index contributed by atoms with van der Waals surface area (Å²) in [7, 11) is 1.00. The Morgan fingerprint density at radius 2 is 2.09 bits per heavy atom. The van der Waals surface area contributed by atoms with E-state index in [2.05, 4.69) is 15.3 Å². The number of aryl methyl sites for hydroxylation is 1. The molecule has 0 bridgehead atoms. The minimum Gasteiger partial charge on any atom is -0.632 e. The van der Waals surface area contributed by atoms with Gasteiger partial charge >= 0.3 is 0 Å². The zero-order chi connectivity index (χ0) is 16.5. The van der Waals surface area contributed by atoms with Crippen molar-refractivity contribution < 1.29 is 31.3 Å². The standard InChI is InChI=1S/C13H22N5O.CH4O.W/c1-9(18-13(2,3)19)4-5-10-6-7-11(17-10)12(15)16-8-14;1-2;/h6-9,17,19H,4-5H2,1-3H3,(H3,14,15,16);2H,1H3;/q-1;;. The van der Waals surface area contributed by atoms with Gasteiger partial charge in [-0.2, -0.15) is 0 Å². The van der Waals surface area contributed by atoms with E-state index in [0.717, 1.165) is 32.0 Å². The SMILES string of the molecule is CC(CCc1ccc(C(N)=NC=N)[nH]1)[N-]C(C)(C)O.CO.[W]. The van der Waals surface area contributed by atoms with Crippen molar-refractivity contribution in [2.45, 2.75) is 45.4 Å². The van der Waals surface area contributed by atoms with Gasteiger partial charge in [0, 0.05) is 33.9 Å². The maximum atomic E-state index is 9.59. The molecular formula is C14H26N5O2W-. The number of rotatable bonds is 7. The first-order valence-corrected chi connectivity index (χ1v) is 6.71. The van der Waals surface area contributed by atoms with Gasteiger partial charge in [0.1, 0.15) is 12.2 Å². The number of H-pyrrole nitrogens is 1. The van der Waals surface area contributed by atoms with Gasteiger partial charge in [-0.05, 0) is 24.3 Å². The van der Waals surface area contributed by atoms with Crippen LogP contribution in [0, 0.1) is 5.41 Å². The summed E-state index contributed by atoms with van der Waals surface area (Å²) in [5, 5.41) is 27.7. The Balaban J connectivity index is 0. The van der Waals surface area contributed by atoms with Crippen LogP contribution in [0.2, 0.25) is 0 Å². The fourth-order valence-corrected chi connectivity index (χ4v) is 1.84. The van der Waals surface area contributed by atoms with Crippen LogP contribution >= 0.6 is 0 Å². The Hall–Kier alpha value is -1.01. The summed E-state index contributed by atoms with van der Waals surface area (Å²) in [6.07, 6.45) is 2.57. The molecule has 1 rings (SSSR count). The molecule has 0 spiro atoms. The van der Waals surface area contributed by atoms with Crippen LogP contribution in [0.1, 0.15) is 38.6 Å². The van der Waals surface area contributed by atoms with Crippen molar-refractivity contribution in [1.82, 2.24) is 4.98 Å². The first-order chi connectivity index (χ1) is 9.81. The third-order valence-electron chi connectivity index (χ3n) is 2.59. The molecule has 1 atom stereocenters. The van der Waals surface area contributed by atoms with E-state index in [1.807, 2.05) is 19.1 Å². The number of nitrogens with two attached hydrogens (primary N) is 1. The molecule has 1 heterocycles. The van der Waals surface area contributed by atoms with Gasteiger partial charge in [0.2, 0.25) is 0 Å². The quantitative estimate of drug-likeness (QED) is 0.298. The number of aromatic nitrogens is 1. The average molecular weight is 480 g/mol. The van der Waals surface area contributed by atoms with Gasteiger partial charge in [0.15, 0.2) is 0 Å². The Labute approximate surface area is 146 Å². The van der Waals surface area contributed by atoms with Gasteiger partial charge in [0.25, 0.3) is 0 Å². The van der Waals surface area contributed by atoms with Crippen molar-refractivity contribution in [3.8, 4) is 0 Å². The zero-order valence-corrected chi connectivity index (χ0v) is 16.4. The molecule has 22 heavy (non-hydrogen) atoms. The Morgan fingerprint density at radius 3 is 2.59 bits per heavy atom. The summed E-state index contributed by atoms with van der Waals surface area (Å²) in [6.45, 7) is 5.32. The van der Waals surface area contributed by atoms with Gasteiger partial charge in [-0.15, -0.1) is 6.04 Å². The zero-order valence-electron chi connectivity index (χ0n) is 13.5. The molecule has 1 unspecified atom stereocenters. The van der Waals surface area contributed by atoms with Gasteiger partial charge in [-0.25, -0.2) is 4.99 Å². The van der Waals surface area contributed by atoms with Crippen LogP contribution in [0.4, 0.5) is 0 Å². The van der Waals surface area contributed by atoms with E-state index in [-0.39, 0.29) is 27.1 Å². The number of aliphatic imine (C=N–C) groups is 1. The molecule has 0 aromatic carbocycles. The number of nitrogens with zero attached hydrogens (tertiary/aromatic N) is 2. The van der Waals surface area contributed by atoms with E-state index in [1.54, 1.807) is 13.8 Å². The molecule has 126 valence electrons. The van der Waals surface area contributed by atoms with E-state index in [9.17, 15) is 5.11 Å². The Morgan fingerprint density at radius 1 is 1.50 bits per heavy atom. The topological polar surface area (TPSA) is 133 Å². The monoisotopic (exact) mass is 480 g/mol. The van der Waals surface area contributed by atoms with Gasteiger partial charge in [-0.3, -0.25) is 5.41 Å². The molecule has 0 saturated carbocycles. The molecule has 8 heteroatoms. The van der Waals surface area contributed by atoms with Crippen LogP contribution < -0.4 is 5.73 Å². The second-order valence-electron chi connectivity index (χ2n) is 5.05. The average Bonchev–Trinajstić information content (AvgIpc) is 2.86. The predicted octanol–water partition coefficient (Wildman–Crippen LogP) is 1.36. The van der Waals surface area contributed by atoms with Crippen LogP contribution in [-0.2, 0) is 27.5 Å². The molecular weight excluding hydrogens is 454 g/mol. The van der Waals surface area contributed by atoms with Crippen molar-refractivity contribution in [3.05, 3.63) is 28.8 Å². The first-order valence-electron chi connectivity index (χ1n) is 6.71. The summed E-state index contributed by atoms with van der Waals surface area (Å²) in [6, 6.07) is 3.87. The van der Waals surface area contributed by atoms with Crippen molar-refractivity contribution in [2.75, 3.05) is 7.11 Å². The molecule has 1 aromatic rings. The van der Waals surface area contributed by atoms with E-state index in [1.165, 1.54) is 0 Å². The third kappa shape index (κ3) is 9.84. The normalized spacial score (nSPS) is 12.7. The number of aliphatic hydroxyl groups is 2. The molecule has 1 aromatic heterocycles. The summed E-state index contributed by atoms with van der Waals surface area (Å²) < 4.78 is 0. The predicted molar refractivity (Wildman–Crippen MR) is 85.9 cm³/mol. The fraction of sp³-hybridized carbons (Fsp3) is 0.571. The van der Waals surface area contributed by atoms with E-state index >= 15 is 0 Å². The van der Waals surface area contributed by atoms with Crippen LogP contribution in [0.15, 0.2) is 17.1 Å². The number of nitrogens with one attached hydrogen (secondary N) is 2. The maximum Gasteiger partial charge on any atom is 0.148 e.